The molecule has 1 aliphatic rings. The van der Waals surface area contributed by atoms with E-state index in [-0.39, 0.29) is 49.2 Å². The topological polar surface area (TPSA) is 140 Å². The number of nitro benzene ring substituents is 1. The molecule has 40 heavy (non-hydrogen) atoms. The van der Waals surface area contributed by atoms with Gasteiger partial charge in [0.25, 0.3) is 5.69 Å². The van der Waals surface area contributed by atoms with Crippen molar-refractivity contribution in [2.75, 3.05) is 24.3 Å². The molecule has 1 heterocycles. The van der Waals surface area contributed by atoms with Gasteiger partial charge in [0.15, 0.2) is 5.75 Å². The summed E-state index contributed by atoms with van der Waals surface area (Å²) in [5.41, 5.74) is -0.213. The zero-order valence-electron chi connectivity index (χ0n) is 21.8. The summed E-state index contributed by atoms with van der Waals surface area (Å²) in [6, 6.07) is 7.88. The van der Waals surface area contributed by atoms with Crippen LogP contribution in [0.3, 0.4) is 0 Å². The Morgan fingerprint density at radius 3 is 2.17 bits per heavy atom. The van der Waals surface area contributed by atoms with E-state index in [0.717, 1.165) is 30.5 Å². The predicted molar refractivity (Wildman–Crippen MR) is 156 cm³/mol. The van der Waals surface area contributed by atoms with Crippen molar-refractivity contribution in [2.24, 2.45) is 0 Å². The van der Waals surface area contributed by atoms with Crippen molar-refractivity contribution in [2.45, 2.75) is 49.6 Å². The molecule has 1 fully saturated rings. The van der Waals surface area contributed by atoms with Crippen molar-refractivity contribution >= 4 is 62.1 Å². The van der Waals surface area contributed by atoms with Gasteiger partial charge in [-0.25, -0.2) is 23.1 Å². The molecule has 0 bridgehead atoms. The molecule has 11 nitrogen and oxygen atoms in total. The lowest BCUT2D eigenvalue weighted by Gasteiger charge is -2.30. The van der Waals surface area contributed by atoms with Crippen LogP contribution < -0.4 is 19.7 Å². The van der Waals surface area contributed by atoms with Gasteiger partial charge in [-0.05, 0) is 50.8 Å². The second-order valence-electron chi connectivity index (χ2n) is 9.56. The van der Waals surface area contributed by atoms with E-state index < -0.39 is 14.9 Å². The van der Waals surface area contributed by atoms with Crippen LogP contribution in [0.1, 0.15) is 31.5 Å². The molecule has 0 atom stereocenters. The molecule has 4 rings (SSSR count). The van der Waals surface area contributed by atoms with E-state index in [4.69, 9.17) is 39.5 Å². The Balaban J connectivity index is 1.40. The standard InChI is InChI=1S/C25H27Cl3N6O5S/c1-14-29-23(13-24(30-14)33(2)3)31-15-4-6-16(7-5-15)32-40(37,38)18-11-20(27)25(21(28)12-18)39-22-9-8-17(34(35)36)10-19(22)26/h8-13,15-16,32H,4-7H2,1-3H3,(H,29,30,31). The van der Waals surface area contributed by atoms with E-state index in [1.54, 1.807) is 0 Å². The number of ether oxygens (including phenoxy) is 1. The normalized spacial score (nSPS) is 17.4. The molecule has 0 unspecified atom stereocenters. The van der Waals surface area contributed by atoms with Crippen LogP contribution >= 0.6 is 34.8 Å². The smallest absolute Gasteiger partial charge is 0.271 e. The number of aryl methyl sites for hydroxylation is 1. The number of sulfonamides is 1. The highest BCUT2D eigenvalue weighted by molar-refractivity contribution is 7.89. The lowest BCUT2D eigenvalue weighted by atomic mass is 9.92. The molecule has 0 amide bonds. The molecule has 0 radical (unpaired) electrons. The third-order valence-electron chi connectivity index (χ3n) is 6.30. The molecule has 1 aliphatic carbocycles. The Hall–Kier alpha value is -2.90. The minimum Gasteiger partial charge on any atom is -0.453 e. The number of hydrogen-bond acceptors (Lipinski definition) is 9. The van der Waals surface area contributed by atoms with E-state index in [9.17, 15) is 18.5 Å². The number of anilines is 2. The maximum atomic E-state index is 13.1. The molecule has 0 saturated heterocycles. The Kier molecular flexibility index (Phi) is 9.26. The van der Waals surface area contributed by atoms with Gasteiger partial charge in [-0.15, -0.1) is 0 Å². The van der Waals surface area contributed by atoms with E-state index >= 15 is 0 Å². The zero-order valence-corrected chi connectivity index (χ0v) is 24.9. The summed E-state index contributed by atoms with van der Waals surface area (Å²) in [6.07, 6.45) is 2.75. The molecular formula is C25H27Cl3N6O5S. The fourth-order valence-corrected chi connectivity index (χ4v) is 6.56. The third kappa shape index (κ3) is 7.24. The average Bonchev–Trinajstić information content (AvgIpc) is 2.87. The summed E-state index contributed by atoms with van der Waals surface area (Å²) >= 11 is 18.7. The second-order valence-corrected chi connectivity index (χ2v) is 12.5. The van der Waals surface area contributed by atoms with E-state index in [1.807, 2.05) is 32.0 Å². The van der Waals surface area contributed by atoms with Crippen LogP contribution in [0.25, 0.3) is 0 Å². The average molecular weight is 630 g/mol. The fourth-order valence-electron chi connectivity index (χ4n) is 4.29. The monoisotopic (exact) mass is 628 g/mol. The van der Waals surface area contributed by atoms with Gasteiger partial charge < -0.3 is 15.0 Å². The number of benzene rings is 2. The van der Waals surface area contributed by atoms with Crippen LogP contribution in [0.4, 0.5) is 17.3 Å². The minimum atomic E-state index is -3.94. The van der Waals surface area contributed by atoms with Crippen LogP contribution in [-0.4, -0.2) is 49.5 Å². The fraction of sp³-hybridized carbons (Fsp3) is 0.360. The summed E-state index contributed by atoms with van der Waals surface area (Å²) < 4.78 is 34.7. The first-order chi connectivity index (χ1) is 18.8. The molecule has 2 aromatic carbocycles. The number of nitrogens with one attached hydrogen (secondary N) is 2. The van der Waals surface area contributed by atoms with Crippen LogP contribution in [0.5, 0.6) is 11.5 Å². The van der Waals surface area contributed by atoms with Gasteiger partial charge in [0.05, 0.1) is 24.9 Å². The molecular weight excluding hydrogens is 603 g/mol. The molecule has 1 saturated carbocycles. The lowest BCUT2D eigenvalue weighted by molar-refractivity contribution is -0.384. The number of aromatic nitrogens is 2. The minimum absolute atomic E-state index is 0.0259. The number of rotatable bonds is 9. The van der Waals surface area contributed by atoms with Crippen LogP contribution in [0.2, 0.25) is 15.1 Å². The predicted octanol–water partition coefficient (Wildman–Crippen LogP) is 6.21. The van der Waals surface area contributed by atoms with Gasteiger partial charge >= 0.3 is 0 Å². The first-order valence-corrected chi connectivity index (χ1v) is 14.9. The van der Waals surface area contributed by atoms with Crippen molar-refractivity contribution in [3.05, 3.63) is 67.4 Å². The van der Waals surface area contributed by atoms with Gasteiger partial charge in [-0.1, -0.05) is 34.8 Å². The molecule has 1 aromatic heterocycles. The van der Waals surface area contributed by atoms with Crippen molar-refractivity contribution in [1.29, 1.82) is 0 Å². The van der Waals surface area contributed by atoms with Crippen LogP contribution in [-0.2, 0) is 10.0 Å². The maximum Gasteiger partial charge on any atom is 0.271 e. The second kappa shape index (κ2) is 12.3. The number of hydrogen-bond donors (Lipinski definition) is 2. The van der Waals surface area contributed by atoms with Crippen molar-refractivity contribution in [1.82, 2.24) is 14.7 Å². The van der Waals surface area contributed by atoms with E-state index in [0.29, 0.717) is 18.7 Å². The first kappa shape index (κ1) is 30.1. The lowest BCUT2D eigenvalue weighted by Crippen LogP contribution is -2.40. The van der Waals surface area contributed by atoms with Gasteiger partial charge in [-0.3, -0.25) is 10.1 Å². The van der Waals surface area contributed by atoms with E-state index in [1.165, 1.54) is 24.3 Å². The summed E-state index contributed by atoms with van der Waals surface area (Å²) in [6.45, 7) is 1.84. The van der Waals surface area contributed by atoms with Gasteiger partial charge in [-0.2, -0.15) is 0 Å². The number of halogens is 3. The largest absolute Gasteiger partial charge is 0.453 e. The molecule has 2 N–H and O–H groups in total. The Labute approximate surface area is 247 Å². The first-order valence-electron chi connectivity index (χ1n) is 12.2. The van der Waals surface area contributed by atoms with Crippen LogP contribution in [0.15, 0.2) is 41.3 Å². The Morgan fingerprint density at radius 1 is 0.975 bits per heavy atom. The highest BCUT2D eigenvalue weighted by Gasteiger charge is 2.27. The van der Waals surface area contributed by atoms with Crippen molar-refractivity contribution < 1.29 is 18.1 Å². The number of nitrogens with zero attached hydrogens (tertiary/aromatic N) is 4. The van der Waals surface area contributed by atoms with Crippen molar-refractivity contribution in [3.8, 4) is 11.5 Å². The summed E-state index contributed by atoms with van der Waals surface area (Å²) in [7, 11) is -0.107. The summed E-state index contributed by atoms with van der Waals surface area (Å²) in [5, 5.41) is 14.2. The van der Waals surface area contributed by atoms with Crippen LogP contribution in [0, 0.1) is 17.0 Å². The van der Waals surface area contributed by atoms with Gasteiger partial charge in [0, 0.05) is 44.4 Å². The SMILES string of the molecule is Cc1nc(NC2CCC(NS(=O)(=O)c3cc(Cl)c(Oc4ccc([N+](=O)[O-])cc4Cl)c(Cl)c3)CC2)cc(N(C)C)n1. The summed E-state index contributed by atoms with van der Waals surface area (Å²) in [5.74, 6) is 2.26. The quantitative estimate of drug-likeness (QED) is 0.209. The molecule has 0 spiro atoms. The Morgan fingerprint density at radius 2 is 1.60 bits per heavy atom. The van der Waals surface area contributed by atoms with Gasteiger partial charge in [0.1, 0.15) is 23.2 Å². The Bertz CT molecular complexity index is 1510. The molecule has 15 heteroatoms. The molecule has 0 aliphatic heterocycles. The molecule has 3 aromatic rings. The highest BCUT2D eigenvalue weighted by atomic mass is 35.5. The number of non-ortho nitro benzene ring substituents is 1. The van der Waals surface area contributed by atoms with Crippen molar-refractivity contribution in [3.63, 3.8) is 0 Å². The van der Waals surface area contributed by atoms with Gasteiger partial charge in [0.2, 0.25) is 10.0 Å². The maximum absolute atomic E-state index is 13.1. The molecule has 214 valence electrons. The van der Waals surface area contributed by atoms with E-state index in [2.05, 4.69) is 20.0 Å². The summed E-state index contributed by atoms with van der Waals surface area (Å²) in [4.78, 5) is 21.0. The number of nitro groups is 1. The third-order valence-corrected chi connectivity index (χ3v) is 8.66. The zero-order chi connectivity index (χ0) is 29.2. The highest BCUT2D eigenvalue weighted by Crippen LogP contribution is 2.41.